The molecule has 0 bridgehead atoms. The van der Waals surface area contributed by atoms with Crippen molar-refractivity contribution in [2.45, 2.75) is 25.3 Å². The standard InChI is InChI=1S/C21H20FN3O2S/c22-17-7-2-1-5-15(17)13-21(27)24-11-3-6-16(14-24)25-20(26)10-9-18(23-25)19-8-4-12-28-19/h1-2,4-5,7-10,12,16H,3,6,11,13-14H2/t16-/m1/s1. The van der Waals surface area contributed by atoms with Crippen molar-refractivity contribution in [2.24, 2.45) is 0 Å². The highest BCUT2D eigenvalue weighted by molar-refractivity contribution is 7.13. The third-order valence-electron chi connectivity index (χ3n) is 4.99. The number of halogens is 1. The zero-order valence-electron chi connectivity index (χ0n) is 15.3. The number of rotatable bonds is 4. The molecule has 1 saturated heterocycles. The van der Waals surface area contributed by atoms with Gasteiger partial charge in [0.2, 0.25) is 5.91 Å². The molecule has 7 heteroatoms. The molecule has 2 aromatic heterocycles. The number of hydrogen-bond donors (Lipinski definition) is 0. The average Bonchev–Trinajstić information content (AvgIpc) is 3.25. The van der Waals surface area contributed by atoms with Gasteiger partial charge in [0, 0.05) is 19.2 Å². The summed E-state index contributed by atoms with van der Waals surface area (Å²) >= 11 is 1.57. The van der Waals surface area contributed by atoms with Crippen LogP contribution in [-0.2, 0) is 11.2 Å². The fraction of sp³-hybridized carbons (Fsp3) is 0.286. The first kappa shape index (κ1) is 18.6. The molecular weight excluding hydrogens is 377 g/mol. The third kappa shape index (κ3) is 3.89. The Morgan fingerprint density at radius 3 is 2.82 bits per heavy atom. The van der Waals surface area contributed by atoms with Crippen molar-refractivity contribution >= 4 is 17.2 Å². The van der Waals surface area contributed by atoms with E-state index in [1.54, 1.807) is 40.5 Å². The highest BCUT2D eigenvalue weighted by Crippen LogP contribution is 2.24. The van der Waals surface area contributed by atoms with E-state index in [0.717, 1.165) is 23.4 Å². The lowest BCUT2D eigenvalue weighted by molar-refractivity contribution is -0.132. The molecule has 0 radical (unpaired) electrons. The summed E-state index contributed by atoms with van der Waals surface area (Å²) in [5.74, 6) is -0.497. The lowest BCUT2D eigenvalue weighted by Gasteiger charge is -2.33. The first-order valence-corrected chi connectivity index (χ1v) is 10.1. The topological polar surface area (TPSA) is 55.2 Å². The summed E-state index contributed by atoms with van der Waals surface area (Å²) in [5.41, 5.74) is 0.975. The summed E-state index contributed by atoms with van der Waals surface area (Å²) in [4.78, 5) is 27.8. The van der Waals surface area contributed by atoms with E-state index in [2.05, 4.69) is 5.10 Å². The molecule has 0 saturated carbocycles. The third-order valence-corrected chi connectivity index (χ3v) is 5.89. The Labute approximate surface area is 166 Å². The first-order valence-electron chi connectivity index (χ1n) is 9.27. The van der Waals surface area contributed by atoms with Crippen LogP contribution in [0.25, 0.3) is 10.6 Å². The van der Waals surface area contributed by atoms with Gasteiger partial charge in [0.25, 0.3) is 5.56 Å². The lowest BCUT2D eigenvalue weighted by atomic mass is 10.0. The number of carbonyl (C=O) groups is 1. The second kappa shape index (κ2) is 8.06. The molecule has 3 aromatic rings. The van der Waals surface area contributed by atoms with Crippen LogP contribution in [0, 0.1) is 5.82 Å². The average molecular weight is 397 g/mol. The highest BCUT2D eigenvalue weighted by atomic mass is 32.1. The van der Waals surface area contributed by atoms with Gasteiger partial charge in [-0.2, -0.15) is 5.10 Å². The predicted octanol–water partition coefficient (Wildman–Crippen LogP) is 3.52. The fourth-order valence-electron chi connectivity index (χ4n) is 3.54. The molecule has 4 rings (SSSR count). The van der Waals surface area contributed by atoms with E-state index in [0.29, 0.717) is 18.7 Å². The summed E-state index contributed by atoms with van der Waals surface area (Å²) in [5, 5.41) is 6.52. The molecule has 1 aromatic carbocycles. The zero-order chi connectivity index (χ0) is 19.5. The fourth-order valence-corrected chi connectivity index (χ4v) is 4.23. The number of likely N-dealkylation sites (tertiary alicyclic amines) is 1. The van der Waals surface area contributed by atoms with Gasteiger partial charge in [0.1, 0.15) is 11.5 Å². The van der Waals surface area contributed by atoms with Crippen LogP contribution in [0.15, 0.2) is 58.7 Å². The minimum absolute atomic E-state index is 0.0248. The van der Waals surface area contributed by atoms with Crippen LogP contribution in [0.1, 0.15) is 24.4 Å². The van der Waals surface area contributed by atoms with Crippen LogP contribution >= 0.6 is 11.3 Å². The predicted molar refractivity (Wildman–Crippen MR) is 107 cm³/mol. The van der Waals surface area contributed by atoms with Gasteiger partial charge in [-0.05, 0) is 42.0 Å². The summed E-state index contributed by atoms with van der Waals surface area (Å²) in [7, 11) is 0. The maximum absolute atomic E-state index is 13.9. The van der Waals surface area contributed by atoms with Crippen molar-refractivity contribution in [3.05, 3.63) is 75.6 Å². The molecule has 1 fully saturated rings. The van der Waals surface area contributed by atoms with E-state index >= 15 is 0 Å². The van der Waals surface area contributed by atoms with Crippen molar-refractivity contribution in [1.82, 2.24) is 14.7 Å². The molecule has 5 nitrogen and oxygen atoms in total. The van der Waals surface area contributed by atoms with E-state index in [1.807, 2.05) is 17.5 Å². The summed E-state index contributed by atoms with van der Waals surface area (Å²) < 4.78 is 15.4. The Morgan fingerprint density at radius 2 is 2.04 bits per heavy atom. The highest BCUT2D eigenvalue weighted by Gasteiger charge is 2.26. The van der Waals surface area contributed by atoms with Crippen molar-refractivity contribution in [3.63, 3.8) is 0 Å². The van der Waals surface area contributed by atoms with Gasteiger partial charge in [-0.25, -0.2) is 9.07 Å². The van der Waals surface area contributed by atoms with E-state index in [-0.39, 0.29) is 29.7 Å². The second-order valence-electron chi connectivity index (χ2n) is 6.88. The number of amides is 1. The SMILES string of the molecule is O=C(Cc1ccccc1F)N1CCC[C@@H](n2nc(-c3cccs3)ccc2=O)C1. The molecule has 1 amide bonds. The van der Waals surface area contributed by atoms with Crippen molar-refractivity contribution in [2.75, 3.05) is 13.1 Å². The van der Waals surface area contributed by atoms with Gasteiger partial charge in [0.05, 0.1) is 17.3 Å². The van der Waals surface area contributed by atoms with Gasteiger partial charge in [-0.3, -0.25) is 9.59 Å². The first-order chi connectivity index (χ1) is 13.6. The van der Waals surface area contributed by atoms with Crippen LogP contribution in [0.4, 0.5) is 4.39 Å². The molecule has 1 atom stereocenters. The Bertz CT molecular complexity index is 1030. The molecule has 0 N–H and O–H groups in total. The van der Waals surface area contributed by atoms with Crippen molar-refractivity contribution in [1.29, 1.82) is 0 Å². The number of carbonyl (C=O) groups excluding carboxylic acids is 1. The molecule has 1 aliphatic heterocycles. The Kier molecular flexibility index (Phi) is 5.34. The number of aromatic nitrogens is 2. The molecule has 28 heavy (non-hydrogen) atoms. The molecule has 3 heterocycles. The van der Waals surface area contributed by atoms with Crippen molar-refractivity contribution in [3.8, 4) is 10.6 Å². The minimum Gasteiger partial charge on any atom is -0.340 e. The number of hydrogen-bond acceptors (Lipinski definition) is 4. The van der Waals surface area contributed by atoms with Crippen LogP contribution in [0.3, 0.4) is 0 Å². The molecule has 1 aliphatic rings. The maximum Gasteiger partial charge on any atom is 0.267 e. The number of thiophene rings is 1. The van der Waals surface area contributed by atoms with Gasteiger partial charge in [-0.15, -0.1) is 11.3 Å². The number of nitrogens with zero attached hydrogens (tertiary/aromatic N) is 3. The van der Waals surface area contributed by atoms with E-state index in [4.69, 9.17) is 0 Å². The van der Waals surface area contributed by atoms with Gasteiger partial charge in [0.15, 0.2) is 0 Å². The van der Waals surface area contributed by atoms with E-state index in [1.165, 1.54) is 16.8 Å². The monoisotopic (exact) mass is 397 g/mol. The largest absolute Gasteiger partial charge is 0.340 e. The van der Waals surface area contributed by atoms with E-state index in [9.17, 15) is 14.0 Å². The molecule has 0 unspecified atom stereocenters. The van der Waals surface area contributed by atoms with Crippen LogP contribution in [0.5, 0.6) is 0 Å². The molecular formula is C21H20FN3O2S. The molecule has 0 spiro atoms. The summed E-state index contributed by atoms with van der Waals surface area (Å²) in [6.07, 6.45) is 1.59. The van der Waals surface area contributed by atoms with Gasteiger partial charge >= 0.3 is 0 Å². The van der Waals surface area contributed by atoms with Crippen LogP contribution in [-0.4, -0.2) is 33.7 Å². The van der Waals surface area contributed by atoms with Gasteiger partial charge in [-0.1, -0.05) is 24.3 Å². The second-order valence-corrected chi connectivity index (χ2v) is 7.83. The molecule has 144 valence electrons. The lowest BCUT2D eigenvalue weighted by Crippen LogP contribution is -2.44. The smallest absolute Gasteiger partial charge is 0.267 e. The quantitative estimate of drug-likeness (QED) is 0.677. The molecule has 0 aliphatic carbocycles. The van der Waals surface area contributed by atoms with E-state index < -0.39 is 0 Å². The Morgan fingerprint density at radius 1 is 1.18 bits per heavy atom. The minimum atomic E-state index is -0.369. The Hall–Kier alpha value is -2.80. The normalized spacial score (nSPS) is 16.9. The van der Waals surface area contributed by atoms with Crippen LogP contribution < -0.4 is 5.56 Å². The van der Waals surface area contributed by atoms with Gasteiger partial charge < -0.3 is 4.90 Å². The Balaban J connectivity index is 1.52. The van der Waals surface area contributed by atoms with Crippen molar-refractivity contribution < 1.29 is 9.18 Å². The summed E-state index contributed by atoms with van der Waals surface area (Å²) in [6.45, 7) is 1.03. The zero-order valence-corrected chi connectivity index (χ0v) is 16.1. The number of piperidine rings is 1. The van der Waals surface area contributed by atoms with Crippen LogP contribution in [0.2, 0.25) is 0 Å². The number of benzene rings is 1. The summed E-state index contributed by atoms with van der Waals surface area (Å²) in [6, 6.07) is 13.3. The maximum atomic E-state index is 13.9.